The zero-order valence-electron chi connectivity index (χ0n) is 15.7. The van der Waals surface area contributed by atoms with E-state index in [0.29, 0.717) is 6.42 Å². The lowest BCUT2D eigenvalue weighted by Gasteiger charge is -2.35. The summed E-state index contributed by atoms with van der Waals surface area (Å²) in [5.74, 6) is 0.217. The third-order valence-corrected chi connectivity index (χ3v) is 5.20. The number of nitrogens with zero attached hydrogens (tertiary/aromatic N) is 4. The second-order valence-corrected chi connectivity index (χ2v) is 7.10. The van der Waals surface area contributed by atoms with Crippen LogP contribution in [0.5, 0.6) is 0 Å². The van der Waals surface area contributed by atoms with Crippen molar-refractivity contribution in [1.82, 2.24) is 19.6 Å². The molecule has 1 amide bonds. The number of hydrogen-bond donors (Lipinski definition) is 0. The molecule has 5 nitrogen and oxygen atoms in total. The third kappa shape index (κ3) is 4.10. The average molecular weight is 340 g/mol. The van der Waals surface area contributed by atoms with Crippen LogP contribution in [0.25, 0.3) is 0 Å². The van der Waals surface area contributed by atoms with Crippen molar-refractivity contribution in [2.24, 2.45) is 7.05 Å². The Morgan fingerprint density at radius 1 is 1.12 bits per heavy atom. The summed E-state index contributed by atoms with van der Waals surface area (Å²) in [6.07, 6.45) is 0.462. The Bertz CT molecular complexity index is 757. The zero-order chi connectivity index (χ0) is 18.0. The van der Waals surface area contributed by atoms with Gasteiger partial charge in [-0.1, -0.05) is 29.8 Å². The predicted octanol–water partition coefficient (Wildman–Crippen LogP) is 2.23. The van der Waals surface area contributed by atoms with Crippen LogP contribution in [0.4, 0.5) is 0 Å². The number of benzene rings is 1. The molecule has 0 N–H and O–H groups in total. The van der Waals surface area contributed by atoms with Crippen LogP contribution in [0.15, 0.2) is 24.3 Å². The van der Waals surface area contributed by atoms with Gasteiger partial charge in [0.1, 0.15) is 0 Å². The van der Waals surface area contributed by atoms with Gasteiger partial charge in [-0.2, -0.15) is 5.10 Å². The Hall–Kier alpha value is -2.14. The van der Waals surface area contributed by atoms with Gasteiger partial charge in [0, 0.05) is 51.0 Å². The normalized spacial score (nSPS) is 15.6. The summed E-state index contributed by atoms with van der Waals surface area (Å²) >= 11 is 0. The highest BCUT2D eigenvalue weighted by Gasteiger charge is 2.23. The molecule has 25 heavy (non-hydrogen) atoms. The maximum absolute atomic E-state index is 12.7. The molecule has 0 aliphatic carbocycles. The first kappa shape index (κ1) is 17.7. The van der Waals surface area contributed by atoms with Crippen molar-refractivity contribution in [3.63, 3.8) is 0 Å². The summed E-state index contributed by atoms with van der Waals surface area (Å²) in [4.78, 5) is 17.1. The summed E-state index contributed by atoms with van der Waals surface area (Å²) in [5, 5.41) is 4.41. The van der Waals surface area contributed by atoms with Crippen LogP contribution in [0.3, 0.4) is 0 Å². The lowest BCUT2D eigenvalue weighted by Crippen LogP contribution is -2.48. The van der Waals surface area contributed by atoms with E-state index in [2.05, 4.69) is 41.2 Å². The quantitative estimate of drug-likeness (QED) is 0.857. The molecule has 0 unspecified atom stereocenters. The van der Waals surface area contributed by atoms with Crippen molar-refractivity contribution in [2.45, 2.75) is 33.7 Å². The molecule has 1 aromatic carbocycles. The van der Waals surface area contributed by atoms with Gasteiger partial charge in [0.15, 0.2) is 0 Å². The first-order valence-corrected chi connectivity index (χ1v) is 8.99. The van der Waals surface area contributed by atoms with E-state index < -0.39 is 0 Å². The van der Waals surface area contributed by atoms with Crippen LogP contribution in [0, 0.1) is 20.8 Å². The number of carbonyl (C=O) groups excluding carboxylic acids is 1. The first-order valence-electron chi connectivity index (χ1n) is 8.99. The molecule has 1 aromatic heterocycles. The predicted molar refractivity (Wildman–Crippen MR) is 99.4 cm³/mol. The highest BCUT2D eigenvalue weighted by molar-refractivity contribution is 5.79. The number of amides is 1. The smallest absolute Gasteiger partial charge is 0.227 e. The zero-order valence-corrected chi connectivity index (χ0v) is 15.7. The van der Waals surface area contributed by atoms with E-state index in [4.69, 9.17) is 0 Å². The monoisotopic (exact) mass is 340 g/mol. The lowest BCUT2D eigenvalue weighted by atomic mass is 10.1. The summed E-state index contributed by atoms with van der Waals surface area (Å²) in [5.41, 5.74) is 5.78. The number of aromatic nitrogens is 2. The molecule has 134 valence electrons. The molecule has 1 saturated heterocycles. The van der Waals surface area contributed by atoms with Crippen molar-refractivity contribution in [3.05, 3.63) is 52.3 Å². The van der Waals surface area contributed by atoms with E-state index in [9.17, 15) is 4.79 Å². The maximum atomic E-state index is 12.7. The standard InChI is InChI=1S/C20H28N4O/c1-15-6-5-7-18(12-15)14-23-8-10-24(11-9-23)20(25)13-19-16(2)21-22(4)17(19)3/h5-7,12H,8-11,13-14H2,1-4H3. The number of rotatable bonds is 4. The van der Waals surface area contributed by atoms with Crippen molar-refractivity contribution >= 4 is 5.91 Å². The second-order valence-electron chi connectivity index (χ2n) is 7.10. The van der Waals surface area contributed by atoms with E-state index >= 15 is 0 Å². The SMILES string of the molecule is Cc1cccc(CN2CCN(C(=O)Cc3c(C)nn(C)c3C)CC2)c1. The Morgan fingerprint density at radius 3 is 2.44 bits per heavy atom. The Balaban J connectivity index is 1.54. The molecule has 0 bridgehead atoms. The molecule has 1 aliphatic heterocycles. The van der Waals surface area contributed by atoms with Crippen LogP contribution in [0.2, 0.25) is 0 Å². The minimum atomic E-state index is 0.217. The summed E-state index contributed by atoms with van der Waals surface area (Å²) < 4.78 is 1.86. The highest BCUT2D eigenvalue weighted by atomic mass is 16.2. The van der Waals surface area contributed by atoms with E-state index in [0.717, 1.165) is 49.7 Å². The van der Waals surface area contributed by atoms with Crippen LogP contribution in [-0.4, -0.2) is 51.7 Å². The van der Waals surface area contributed by atoms with Gasteiger partial charge in [0.25, 0.3) is 0 Å². The molecule has 0 saturated carbocycles. The van der Waals surface area contributed by atoms with Gasteiger partial charge >= 0.3 is 0 Å². The number of piperazine rings is 1. The van der Waals surface area contributed by atoms with Gasteiger partial charge in [-0.15, -0.1) is 0 Å². The number of hydrogen-bond acceptors (Lipinski definition) is 3. The lowest BCUT2D eigenvalue weighted by molar-refractivity contribution is -0.132. The maximum Gasteiger partial charge on any atom is 0.227 e. The minimum absolute atomic E-state index is 0.217. The van der Waals surface area contributed by atoms with Crippen LogP contribution in [-0.2, 0) is 24.8 Å². The van der Waals surface area contributed by atoms with Crippen molar-refractivity contribution < 1.29 is 4.79 Å². The van der Waals surface area contributed by atoms with Crippen LogP contribution in [0.1, 0.15) is 28.1 Å². The fraction of sp³-hybridized carbons (Fsp3) is 0.500. The Kier molecular flexibility index (Phi) is 5.23. The summed E-state index contributed by atoms with van der Waals surface area (Å²) in [6.45, 7) is 10.6. The third-order valence-electron chi connectivity index (χ3n) is 5.20. The molecule has 0 spiro atoms. The molecule has 3 rings (SSSR count). The second kappa shape index (κ2) is 7.40. The summed E-state index contributed by atoms with van der Waals surface area (Å²) in [6, 6.07) is 8.66. The highest BCUT2D eigenvalue weighted by Crippen LogP contribution is 2.15. The van der Waals surface area contributed by atoms with Gasteiger partial charge in [0.05, 0.1) is 12.1 Å². The van der Waals surface area contributed by atoms with Gasteiger partial charge in [-0.25, -0.2) is 0 Å². The molecule has 0 radical (unpaired) electrons. The van der Waals surface area contributed by atoms with Crippen molar-refractivity contribution in [3.8, 4) is 0 Å². The average Bonchev–Trinajstić information content (AvgIpc) is 2.82. The van der Waals surface area contributed by atoms with Crippen LogP contribution >= 0.6 is 0 Å². The minimum Gasteiger partial charge on any atom is -0.340 e. The molecule has 1 fully saturated rings. The molecular weight excluding hydrogens is 312 g/mol. The molecule has 1 aliphatic rings. The van der Waals surface area contributed by atoms with Crippen molar-refractivity contribution in [2.75, 3.05) is 26.2 Å². The van der Waals surface area contributed by atoms with Gasteiger partial charge in [0.2, 0.25) is 5.91 Å². The fourth-order valence-electron chi connectivity index (χ4n) is 3.56. The number of aryl methyl sites for hydroxylation is 3. The van der Waals surface area contributed by atoms with E-state index in [1.807, 2.05) is 30.5 Å². The molecular formula is C20H28N4O. The van der Waals surface area contributed by atoms with E-state index in [1.165, 1.54) is 11.1 Å². The Morgan fingerprint density at radius 2 is 1.84 bits per heavy atom. The van der Waals surface area contributed by atoms with Gasteiger partial charge < -0.3 is 4.90 Å². The molecule has 2 aromatic rings. The van der Waals surface area contributed by atoms with E-state index in [1.54, 1.807) is 0 Å². The van der Waals surface area contributed by atoms with Crippen molar-refractivity contribution in [1.29, 1.82) is 0 Å². The van der Waals surface area contributed by atoms with Gasteiger partial charge in [-0.05, 0) is 26.3 Å². The largest absolute Gasteiger partial charge is 0.340 e. The van der Waals surface area contributed by atoms with E-state index in [-0.39, 0.29) is 5.91 Å². The topological polar surface area (TPSA) is 41.4 Å². The molecule has 0 atom stereocenters. The Labute approximate surface area is 150 Å². The number of carbonyl (C=O) groups is 1. The fourth-order valence-corrected chi connectivity index (χ4v) is 3.56. The molecule has 5 heteroatoms. The van der Waals surface area contributed by atoms with Crippen LogP contribution < -0.4 is 0 Å². The first-order chi connectivity index (χ1) is 11.9. The van der Waals surface area contributed by atoms with Gasteiger partial charge in [-0.3, -0.25) is 14.4 Å². The molecule has 2 heterocycles. The summed E-state index contributed by atoms with van der Waals surface area (Å²) in [7, 11) is 1.93.